The Bertz CT molecular complexity index is 1090. The van der Waals surface area contributed by atoms with Gasteiger partial charge in [0.1, 0.15) is 6.29 Å². The van der Waals surface area contributed by atoms with Crippen molar-refractivity contribution in [3.63, 3.8) is 0 Å². The maximum Gasteiger partial charge on any atom is 0.337 e. The molecule has 3 rings (SSSR count). The Balaban J connectivity index is 2.12. The number of amides is 1. The highest BCUT2D eigenvalue weighted by Gasteiger charge is 2.35. The average molecular weight is 428 g/mol. The molecule has 1 atom stereocenters. The smallest absolute Gasteiger partial charge is 0.337 e. The number of carbonyl (C=O) groups is 2. The molecule has 0 spiro atoms. The van der Waals surface area contributed by atoms with E-state index in [9.17, 15) is 14.2 Å². The number of nitrogens with zero attached hydrogens (tertiary/aromatic N) is 1. The molecule has 0 bridgehead atoms. The standard InChI is InChI=1S/C22H25N2O5P/c1-28-30(27,29-2)21(10-11-25)17-8-9-20-19(12-17)18(13-22(23)26)15-24(20)14-16-6-4-3-5-7-16/h3-9,11-12,15,21H,10,13-14H2,1-2H3,(H2,23,26). The molecule has 0 saturated carbocycles. The Morgan fingerprint density at radius 3 is 2.47 bits per heavy atom. The number of aromatic nitrogens is 1. The van der Waals surface area contributed by atoms with E-state index in [1.165, 1.54) is 14.2 Å². The molecule has 158 valence electrons. The Labute approximate surface area is 175 Å². The zero-order valence-corrected chi connectivity index (χ0v) is 17.9. The molecule has 30 heavy (non-hydrogen) atoms. The minimum Gasteiger partial charge on any atom is -0.369 e. The van der Waals surface area contributed by atoms with Gasteiger partial charge in [-0.05, 0) is 28.8 Å². The summed E-state index contributed by atoms with van der Waals surface area (Å²) < 4.78 is 25.3. The van der Waals surface area contributed by atoms with Gasteiger partial charge in [-0.3, -0.25) is 9.36 Å². The molecule has 0 fully saturated rings. The quantitative estimate of drug-likeness (QED) is 0.391. The van der Waals surface area contributed by atoms with E-state index in [-0.39, 0.29) is 12.8 Å². The fourth-order valence-corrected chi connectivity index (χ4v) is 5.23. The van der Waals surface area contributed by atoms with Crippen molar-refractivity contribution in [3.8, 4) is 0 Å². The highest BCUT2D eigenvalue weighted by atomic mass is 31.2. The summed E-state index contributed by atoms with van der Waals surface area (Å²) in [6.07, 6.45) is 2.67. The predicted octanol–water partition coefficient (Wildman–Crippen LogP) is 3.83. The lowest BCUT2D eigenvalue weighted by atomic mass is 10.0. The van der Waals surface area contributed by atoms with Gasteiger partial charge < -0.3 is 24.1 Å². The van der Waals surface area contributed by atoms with E-state index in [0.29, 0.717) is 18.4 Å². The zero-order valence-electron chi connectivity index (χ0n) is 17.0. The third-order valence-corrected chi connectivity index (χ3v) is 7.43. The summed E-state index contributed by atoms with van der Waals surface area (Å²) in [6, 6.07) is 15.5. The molecular formula is C22H25N2O5P. The number of nitrogens with two attached hydrogens (primary N) is 1. The third-order valence-electron chi connectivity index (χ3n) is 5.14. The van der Waals surface area contributed by atoms with Crippen LogP contribution in [0.3, 0.4) is 0 Å². The number of primary amides is 1. The minimum absolute atomic E-state index is 0.0136. The first-order valence-corrected chi connectivity index (χ1v) is 11.1. The number of benzene rings is 2. The maximum absolute atomic E-state index is 13.0. The number of hydrogen-bond donors (Lipinski definition) is 1. The normalized spacial score (nSPS) is 12.7. The number of rotatable bonds is 10. The number of hydrogen-bond acceptors (Lipinski definition) is 5. The minimum atomic E-state index is -3.53. The summed E-state index contributed by atoms with van der Waals surface area (Å²) in [5, 5.41) is 0.817. The van der Waals surface area contributed by atoms with Crippen molar-refractivity contribution < 1.29 is 23.2 Å². The largest absolute Gasteiger partial charge is 0.369 e. The Morgan fingerprint density at radius 1 is 1.17 bits per heavy atom. The van der Waals surface area contributed by atoms with Gasteiger partial charge in [0.05, 0.1) is 12.1 Å². The van der Waals surface area contributed by atoms with Crippen LogP contribution in [0.15, 0.2) is 54.7 Å². The fourth-order valence-electron chi connectivity index (χ4n) is 3.70. The predicted molar refractivity (Wildman–Crippen MR) is 115 cm³/mol. The summed E-state index contributed by atoms with van der Waals surface area (Å²) in [5.41, 5.74) is 8.15. The summed E-state index contributed by atoms with van der Waals surface area (Å²) >= 11 is 0. The van der Waals surface area contributed by atoms with Gasteiger partial charge in [0.15, 0.2) is 0 Å². The van der Waals surface area contributed by atoms with Crippen LogP contribution in [-0.4, -0.2) is 31.0 Å². The molecule has 1 heterocycles. The molecular weight excluding hydrogens is 403 g/mol. The van der Waals surface area contributed by atoms with Crippen molar-refractivity contribution in [2.45, 2.75) is 25.0 Å². The number of aldehydes is 1. The summed E-state index contributed by atoms with van der Waals surface area (Å²) in [6.45, 7) is 0.627. The second kappa shape index (κ2) is 9.39. The van der Waals surface area contributed by atoms with E-state index < -0.39 is 19.2 Å². The molecule has 0 saturated heterocycles. The number of fused-ring (bicyclic) bond motifs is 1. The van der Waals surface area contributed by atoms with Gasteiger partial charge in [0.2, 0.25) is 5.91 Å². The van der Waals surface area contributed by atoms with Crippen molar-refractivity contribution in [1.29, 1.82) is 0 Å². The van der Waals surface area contributed by atoms with Crippen LogP contribution < -0.4 is 5.73 Å². The van der Waals surface area contributed by atoms with Gasteiger partial charge >= 0.3 is 7.60 Å². The van der Waals surface area contributed by atoms with Crippen LogP contribution >= 0.6 is 7.60 Å². The second-order valence-corrected chi connectivity index (χ2v) is 9.44. The zero-order chi connectivity index (χ0) is 21.7. The summed E-state index contributed by atoms with van der Waals surface area (Å²) in [5.74, 6) is -0.442. The van der Waals surface area contributed by atoms with Gasteiger partial charge in [0, 0.05) is 44.3 Å². The lowest BCUT2D eigenvalue weighted by Gasteiger charge is -2.23. The molecule has 2 N–H and O–H groups in total. The SMILES string of the molecule is COP(=O)(OC)C(CC=O)c1ccc2c(c1)c(CC(N)=O)cn2Cc1ccccc1. The molecule has 0 aliphatic rings. The van der Waals surface area contributed by atoms with Crippen LogP contribution in [0.4, 0.5) is 0 Å². The van der Waals surface area contributed by atoms with E-state index in [1.807, 2.05) is 59.3 Å². The van der Waals surface area contributed by atoms with Gasteiger partial charge in [0.25, 0.3) is 0 Å². The molecule has 8 heteroatoms. The second-order valence-electron chi connectivity index (χ2n) is 7.01. The van der Waals surface area contributed by atoms with Gasteiger partial charge in [-0.2, -0.15) is 0 Å². The highest BCUT2D eigenvalue weighted by Crippen LogP contribution is 2.61. The first-order chi connectivity index (χ1) is 14.4. The third kappa shape index (κ3) is 4.54. The molecule has 1 unspecified atom stereocenters. The monoisotopic (exact) mass is 428 g/mol. The van der Waals surface area contributed by atoms with Crippen molar-refractivity contribution >= 4 is 30.7 Å². The number of carbonyl (C=O) groups excluding carboxylic acids is 2. The Hall–Kier alpha value is -2.73. The van der Waals surface area contributed by atoms with E-state index in [4.69, 9.17) is 14.8 Å². The van der Waals surface area contributed by atoms with Crippen molar-refractivity contribution in [1.82, 2.24) is 4.57 Å². The van der Waals surface area contributed by atoms with Gasteiger partial charge in [-0.1, -0.05) is 36.4 Å². The lowest BCUT2D eigenvalue weighted by Crippen LogP contribution is -2.13. The van der Waals surface area contributed by atoms with Gasteiger partial charge in [-0.25, -0.2) is 0 Å². The molecule has 1 aromatic heterocycles. The van der Waals surface area contributed by atoms with Crippen LogP contribution in [0.1, 0.15) is 28.8 Å². The summed E-state index contributed by atoms with van der Waals surface area (Å²) in [7, 11) is -0.926. The molecule has 7 nitrogen and oxygen atoms in total. The van der Waals surface area contributed by atoms with E-state index in [1.54, 1.807) is 0 Å². The first-order valence-electron chi connectivity index (χ1n) is 9.50. The van der Waals surface area contributed by atoms with Gasteiger partial charge in [-0.15, -0.1) is 0 Å². The van der Waals surface area contributed by atoms with Crippen LogP contribution in [0.25, 0.3) is 10.9 Å². The van der Waals surface area contributed by atoms with E-state index >= 15 is 0 Å². The van der Waals surface area contributed by atoms with E-state index in [0.717, 1.165) is 22.0 Å². The van der Waals surface area contributed by atoms with Crippen molar-refractivity contribution in [3.05, 3.63) is 71.4 Å². The average Bonchev–Trinajstić information content (AvgIpc) is 3.08. The Morgan fingerprint density at radius 2 is 1.87 bits per heavy atom. The molecule has 2 aromatic carbocycles. The lowest BCUT2D eigenvalue weighted by molar-refractivity contribution is -0.117. The van der Waals surface area contributed by atoms with Crippen LogP contribution in [0, 0.1) is 0 Å². The maximum atomic E-state index is 13.0. The van der Waals surface area contributed by atoms with Crippen LogP contribution in [0.5, 0.6) is 0 Å². The molecule has 0 aliphatic heterocycles. The highest BCUT2D eigenvalue weighted by molar-refractivity contribution is 7.54. The van der Waals surface area contributed by atoms with E-state index in [2.05, 4.69) is 0 Å². The topological polar surface area (TPSA) is 101 Å². The Kier molecular flexibility index (Phi) is 6.87. The molecule has 1 amide bonds. The van der Waals surface area contributed by atoms with Crippen LogP contribution in [-0.2, 0) is 36.2 Å². The van der Waals surface area contributed by atoms with Crippen molar-refractivity contribution in [2.75, 3.05) is 14.2 Å². The first kappa shape index (κ1) is 22.0. The molecule has 3 aromatic rings. The molecule has 0 aliphatic carbocycles. The van der Waals surface area contributed by atoms with Crippen LogP contribution in [0.2, 0.25) is 0 Å². The summed E-state index contributed by atoms with van der Waals surface area (Å²) in [4.78, 5) is 22.9. The molecule has 0 radical (unpaired) electrons. The fraction of sp³-hybridized carbons (Fsp3) is 0.273. The van der Waals surface area contributed by atoms with Crippen molar-refractivity contribution in [2.24, 2.45) is 5.73 Å².